The van der Waals surface area contributed by atoms with E-state index in [2.05, 4.69) is 25.5 Å². The summed E-state index contributed by atoms with van der Waals surface area (Å²) in [4.78, 5) is 30.9. The van der Waals surface area contributed by atoms with E-state index in [0.29, 0.717) is 22.1 Å². The lowest BCUT2D eigenvalue weighted by atomic mass is 10.2. The molecule has 4 rings (SSSR count). The minimum Gasteiger partial charge on any atom is -0.478 e. The van der Waals surface area contributed by atoms with Gasteiger partial charge in [0.25, 0.3) is 0 Å². The van der Waals surface area contributed by atoms with Crippen LogP contribution < -0.4 is 5.32 Å². The van der Waals surface area contributed by atoms with E-state index in [1.165, 1.54) is 30.0 Å². The molecule has 0 aliphatic heterocycles. The van der Waals surface area contributed by atoms with Gasteiger partial charge in [0.1, 0.15) is 5.52 Å². The fourth-order valence-corrected chi connectivity index (χ4v) is 3.66. The Kier molecular flexibility index (Phi) is 5.32. The van der Waals surface area contributed by atoms with Crippen molar-refractivity contribution >= 4 is 63.0 Å². The smallest absolute Gasteiger partial charge is 0.335 e. The second-order valence-electron chi connectivity index (χ2n) is 6.11. The number of hydrogen-bond donors (Lipinski definition) is 3. The molecule has 1 amide bonds. The van der Waals surface area contributed by atoms with Gasteiger partial charge in [0.2, 0.25) is 11.1 Å². The van der Waals surface area contributed by atoms with E-state index in [9.17, 15) is 9.59 Å². The minimum atomic E-state index is -1.09. The zero-order valence-electron chi connectivity index (χ0n) is 14.8. The normalized spacial score (nSPS) is 11.1. The molecule has 0 atom stereocenters. The van der Waals surface area contributed by atoms with E-state index in [1.807, 2.05) is 24.3 Å². The number of benzene rings is 2. The zero-order valence-corrected chi connectivity index (χ0v) is 16.4. The highest BCUT2D eigenvalue weighted by Crippen LogP contribution is 2.25. The number of nitrogens with zero attached hydrogens (tertiary/aromatic N) is 3. The van der Waals surface area contributed by atoms with Gasteiger partial charge in [0, 0.05) is 23.1 Å². The quantitative estimate of drug-likeness (QED) is 0.398. The predicted octanol–water partition coefficient (Wildman–Crippen LogP) is 3.98. The second-order valence-corrected chi connectivity index (χ2v) is 7.58. The molecule has 0 unspecified atom stereocenters. The lowest BCUT2D eigenvalue weighted by Gasteiger charge is -2.08. The van der Waals surface area contributed by atoms with E-state index in [0.717, 1.165) is 10.9 Å². The number of carboxylic acids is 1. The van der Waals surface area contributed by atoms with Crippen LogP contribution in [0.3, 0.4) is 0 Å². The molecule has 2 heterocycles. The highest BCUT2D eigenvalue weighted by Gasteiger charge is 2.12. The molecular formula is C19H14ClN5O3S. The maximum absolute atomic E-state index is 12.2. The van der Waals surface area contributed by atoms with E-state index < -0.39 is 5.97 Å². The highest BCUT2D eigenvalue weighted by molar-refractivity contribution is 7.99. The minimum absolute atomic E-state index is 0.0465. The summed E-state index contributed by atoms with van der Waals surface area (Å²) in [6.07, 6.45) is 0.173. The Bertz CT molecular complexity index is 1240. The largest absolute Gasteiger partial charge is 0.478 e. The summed E-state index contributed by atoms with van der Waals surface area (Å²) in [6, 6.07) is 11.9. The lowest BCUT2D eigenvalue weighted by Crippen LogP contribution is -2.13. The number of halogens is 1. The van der Waals surface area contributed by atoms with E-state index in [-0.39, 0.29) is 28.6 Å². The van der Waals surface area contributed by atoms with Crippen molar-refractivity contribution in [1.82, 2.24) is 20.2 Å². The van der Waals surface area contributed by atoms with Gasteiger partial charge in [-0.05, 0) is 24.3 Å². The van der Waals surface area contributed by atoms with Crippen LogP contribution in [0.25, 0.3) is 22.1 Å². The SMILES string of the molecule is O=C(CCSc1nnc2c(n1)[nH]c1ccccc12)Nc1cc(C(=O)O)ccc1Cl. The number of carbonyl (C=O) groups is 2. The number of nitrogens with one attached hydrogen (secondary N) is 2. The van der Waals surface area contributed by atoms with Crippen molar-refractivity contribution in [3.05, 3.63) is 53.1 Å². The number of rotatable bonds is 6. The molecule has 0 bridgehead atoms. The Hall–Kier alpha value is -3.17. The van der Waals surface area contributed by atoms with Crippen molar-refractivity contribution in [2.45, 2.75) is 11.6 Å². The first kappa shape index (κ1) is 19.2. The van der Waals surface area contributed by atoms with Crippen LogP contribution in [-0.4, -0.2) is 42.9 Å². The number of carbonyl (C=O) groups excluding carboxylic acids is 1. The van der Waals surface area contributed by atoms with Crippen molar-refractivity contribution in [3.63, 3.8) is 0 Å². The third-order valence-corrected chi connectivity index (χ3v) is 5.32. The van der Waals surface area contributed by atoms with Gasteiger partial charge < -0.3 is 15.4 Å². The maximum atomic E-state index is 12.2. The van der Waals surface area contributed by atoms with Crippen molar-refractivity contribution in [2.24, 2.45) is 0 Å². The molecule has 3 N–H and O–H groups in total. The van der Waals surface area contributed by atoms with E-state index in [1.54, 1.807) is 0 Å². The first-order chi connectivity index (χ1) is 14.0. The third-order valence-electron chi connectivity index (χ3n) is 4.15. The van der Waals surface area contributed by atoms with Gasteiger partial charge in [0.05, 0.1) is 16.3 Å². The maximum Gasteiger partial charge on any atom is 0.335 e. The molecule has 29 heavy (non-hydrogen) atoms. The van der Waals surface area contributed by atoms with Crippen LogP contribution in [-0.2, 0) is 4.79 Å². The fourth-order valence-electron chi connectivity index (χ4n) is 2.77. The van der Waals surface area contributed by atoms with Crippen LogP contribution in [0.2, 0.25) is 5.02 Å². The lowest BCUT2D eigenvalue weighted by molar-refractivity contribution is -0.115. The summed E-state index contributed by atoms with van der Waals surface area (Å²) in [5.74, 6) is -0.957. The van der Waals surface area contributed by atoms with Gasteiger partial charge in [0.15, 0.2) is 5.65 Å². The molecule has 0 saturated carbocycles. The molecule has 0 radical (unpaired) electrons. The van der Waals surface area contributed by atoms with Crippen molar-refractivity contribution < 1.29 is 14.7 Å². The number of aromatic nitrogens is 4. The summed E-state index contributed by atoms with van der Waals surface area (Å²) in [5, 5.41) is 21.7. The van der Waals surface area contributed by atoms with Gasteiger partial charge >= 0.3 is 5.97 Å². The molecule has 0 spiro atoms. The van der Waals surface area contributed by atoms with Crippen LogP contribution in [0.1, 0.15) is 16.8 Å². The fraction of sp³-hybridized carbons (Fsp3) is 0.105. The second kappa shape index (κ2) is 8.06. The summed E-state index contributed by atoms with van der Waals surface area (Å²) >= 11 is 7.32. The molecule has 4 aromatic rings. The van der Waals surface area contributed by atoms with Crippen LogP contribution in [0.15, 0.2) is 47.6 Å². The Balaban J connectivity index is 1.38. The summed E-state index contributed by atoms with van der Waals surface area (Å²) in [6.45, 7) is 0. The first-order valence-electron chi connectivity index (χ1n) is 8.58. The molecule has 0 fully saturated rings. The molecule has 0 aliphatic carbocycles. The number of amides is 1. The van der Waals surface area contributed by atoms with Crippen LogP contribution >= 0.6 is 23.4 Å². The number of aromatic amines is 1. The standard InChI is InChI=1S/C19H14ClN5O3S/c20-12-6-5-10(18(27)28)9-14(12)21-15(26)7-8-29-19-23-17-16(24-25-19)11-3-1-2-4-13(11)22-17/h1-6,9H,7-8H2,(H,21,26)(H,27,28)(H,22,23,25). The number of hydrogen-bond acceptors (Lipinski definition) is 6. The molecule has 2 aromatic heterocycles. The third kappa shape index (κ3) is 4.15. The average molecular weight is 428 g/mol. The van der Waals surface area contributed by atoms with Crippen LogP contribution in [0, 0.1) is 0 Å². The predicted molar refractivity (Wildman–Crippen MR) is 112 cm³/mol. The Morgan fingerprint density at radius 1 is 1.17 bits per heavy atom. The number of H-pyrrole nitrogens is 1. The number of anilines is 1. The average Bonchev–Trinajstić information content (AvgIpc) is 3.07. The molecule has 10 heteroatoms. The van der Waals surface area contributed by atoms with Crippen LogP contribution in [0.4, 0.5) is 5.69 Å². The number of carboxylic acid groups (broad SMARTS) is 1. The van der Waals surface area contributed by atoms with Crippen LogP contribution in [0.5, 0.6) is 0 Å². The number of fused-ring (bicyclic) bond motifs is 3. The van der Waals surface area contributed by atoms with Gasteiger partial charge in [-0.25, -0.2) is 9.78 Å². The number of para-hydroxylation sites is 1. The monoisotopic (exact) mass is 427 g/mol. The first-order valence-corrected chi connectivity index (χ1v) is 9.94. The van der Waals surface area contributed by atoms with E-state index >= 15 is 0 Å². The Labute approximate surface area is 173 Å². The number of aromatic carboxylic acids is 1. The highest BCUT2D eigenvalue weighted by atomic mass is 35.5. The van der Waals surface area contributed by atoms with Gasteiger partial charge in [-0.1, -0.05) is 41.6 Å². The molecule has 8 nitrogen and oxygen atoms in total. The molecular weight excluding hydrogens is 414 g/mol. The van der Waals surface area contributed by atoms with Crippen molar-refractivity contribution in [3.8, 4) is 0 Å². The Morgan fingerprint density at radius 2 is 2.00 bits per heavy atom. The molecule has 0 saturated heterocycles. The summed E-state index contributed by atoms with van der Waals surface area (Å²) in [5.41, 5.74) is 2.59. The molecule has 2 aromatic carbocycles. The summed E-state index contributed by atoms with van der Waals surface area (Å²) < 4.78 is 0. The van der Waals surface area contributed by atoms with Gasteiger partial charge in [-0.15, -0.1) is 10.2 Å². The molecule has 146 valence electrons. The van der Waals surface area contributed by atoms with Crippen molar-refractivity contribution in [1.29, 1.82) is 0 Å². The van der Waals surface area contributed by atoms with E-state index in [4.69, 9.17) is 16.7 Å². The van der Waals surface area contributed by atoms with Gasteiger partial charge in [-0.2, -0.15) is 0 Å². The topological polar surface area (TPSA) is 121 Å². The summed E-state index contributed by atoms with van der Waals surface area (Å²) in [7, 11) is 0. The Morgan fingerprint density at radius 3 is 2.83 bits per heavy atom. The van der Waals surface area contributed by atoms with Gasteiger partial charge in [-0.3, -0.25) is 4.79 Å². The van der Waals surface area contributed by atoms with Crippen molar-refractivity contribution in [2.75, 3.05) is 11.1 Å². The number of thioether (sulfide) groups is 1. The zero-order chi connectivity index (χ0) is 20.4. The molecule has 0 aliphatic rings.